The summed E-state index contributed by atoms with van der Waals surface area (Å²) in [6.07, 6.45) is 1.34. The molecule has 1 aromatic heterocycles. The van der Waals surface area contributed by atoms with E-state index in [1.165, 1.54) is 0 Å². The number of nitrogens with zero attached hydrogens (tertiary/aromatic N) is 1. The van der Waals surface area contributed by atoms with Crippen LogP contribution in [0.4, 0.5) is 5.69 Å². The highest BCUT2D eigenvalue weighted by atomic mass is 32.2. The molecule has 1 atom stereocenters. The lowest BCUT2D eigenvalue weighted by Crippen LogP contribution is -2.28. The molecule has 7 heteroatoms. The molecule has 0 amide bonds. The van der Waals surface area contributed by atoms with Gasteiger partial charge in [0.1, 0.15) is 0 Å². The van der Waals surface area contributed by atoms with E-state index in [2.05, 4.69) is 20.7 Å². The van der Waals surface area contributed by atoms with Crippen LogP contribution in [-0.2, 0) is 10.0 Å². The van der Waals surface area contributed by atoms with Gasteiger partial charge in [-0.15, -0.1) is 0 Å². The maximum Gasteiger partial charge on any atom is 0.240 e. The molecule has 33 heavy (non-hydrogen) atoms. The van der Waals surface area contributed by atoms with Crippen LogP contribution in [0.3, 0.4) is 0 Å². The normalized spacial score (nSPS) is 15.2. The topological polar surface area (TPSA) is 85.4 Å². The van der Waals surface area contributed by atoms with Gasteiger partial charge in [-0.05, 0) is 48.7 Å². The van der Waals surface area contributed by atoms with Crippen molar-refractivity contribution in [2.24, 2.45) is 0 Å². The molecule has 0 aliphatic carbocycles. The second-order valence-corrected chi connectivity index (χ2v) is 10.2. The van der Waals surface area contributed by atoms with Crippen LogP contribution in [0.5, 0.6) is 0 Å². The highest BCUT2D eigenvalue weighted by molar-refractivity contribution is 7.89. The fourth-order valence-corrected chi connectivity index (χ4v) is 5.48. The van der Waals surface area contributed by atoms with Crippen LogP contribution in [0.25, 0.3) is 22.2 Å². The molecule has 170 valence electrons. The zero-order chi connectivity index (χ0) is 22.8. The molecule has 2 heterocycles. The van der Waals surface area contributed by atoms with Crippen LogP contribution in [0.1, 0.15) is 24.5 Å². The van der Waals surface area contributed by atoms with Crippen molar-refractivity contribution in [3.8, 4) is 11.3 Å². The number of aromatic amines is 1. The van der Waals surface area contributed by atoms with Gasteiger partial charge in [0.2, 0.25) is 10.0 Å². The van der Waals surface area contributed by atoms with Crippen molar-refractivity contribution < 1.29 is 13.5 Å². The Morgan fingerprint density at radius 3 is 2.42 bits per heavy atom. The Morgan fingerprint density at radius 2 is 1.67 bits per heavy atom. The van der Waals surface area contributed by atoms with Crippen LogP contribution in [-0.4, -0.2) is 38.1 Å². The highest BCUT2D eigenvalue weighted by Crippen LogP contribution is 2.36. The number of hydrogen-bond acceptors (Lipinski definition) is 4. The second kappa shape index (κ2) is 9.02. The fraction of sp³-hybridized carbons (Fsp3) is 0.231. The zero-order valence-corrected chi connectivity index (χ0v) is 19.1. The first-order chi connectivity index (χ1) is 16.0. The molecule has 6 nitrogen and oxygen atoms in total. The van der Waals surface area contributed by atoms with Gasteiger partial charge in [-0.3, -0.25) is 0 Å². The molecule has 0 spiro atoms. The first kappa shape index (κ1) is 21.7. The molecule has 1 aliphatic heterocycles. The van der Waals surface area contributed by atoms with E-state index >= 15 is 0 Å². The van der Waals surface area contributed by atoms with Crippen molar-refractivity contribution in [1.29, 1.82) is 0 Å². The lowest BCUT2D eigenvalue weighted by Gasteiger charge is -2.22. The van der Waals surface area contributed by atoms with E-state index in [9.17, 15) is 13.5 Å². The zero-order valence-electron chi connectivity index (χ0n) is 18.2. The summed E-state index contributed by atoms with van der Waals surface area (Å²) in [5, 5.41) is 11.5. The van der Waals surface area contributed by atoms with Crippen molar-refractivity contribution in [1.82, 2.24) is 9.71 Å². The smallest absolute Gasteiger partial charge is 0.240 e. The van der Waals surface area contributed by atoms with E-state index < -0.39 is 16.1 Å². The third-order valence-electron chi connectivity index (χ3n) is 6.20. The molecule has 4 aromatic rings. The maximum atomic E-state index is 13.1. The standard InChI is InChI=1S/C26H27N3O3S/c30-26(19-8-2-1-3-9-19)18-27-33(31,32)21-12-13-25(29-14-6-7-15-29)22(17-21)24-16-20-10-4-5-11-23(20)28-24/h1-5,8-13,16-17,26-28,30H,6-7,14-15,18H2. The predicted molar refractivity (Wildman–Crippen MR) is 132 cm³/mol. The fourth-order valence-electron chi connectivity index (χ4n) is 4.42. The van der Waals surface area contributed by atoms with E-state index in [1.807, 2.05) is 48.5 Å². The molecule has 0 radical (unpaired) electrons. The molecule has 3 N–H and O–H groups in total. The minimum atomic E-state index is -3.81. The number of aliphatic hydroxyl groups is 1. The van der Waals surface area contributed by atoms with Gasteiger partial charge < -0.3 is 15.0 Å². The lowest BCUT2D eigenvalue weighted by atomic mass is 10.1. The number of sulfonamides is 1. The second-order valence-electron chi connectivity index (χ2n) is 8.42. The average molecular weight is 462 g/mol. The SMILES string of the molecule is O=S(=O)(NCC(O)c1ccccc1)c1ccc(N2CCCC2)c(-c2cc3ccccc3[nH]2)c1. The molecule has 5 rings (SSSR count). The number of benzene rings is 3. The minimum Gasteiger partial charge on any atom is -0.387 e. The van der Waals surface area contributed by atoms with Crippen molar-refractivity contribution in [2.75, 3.05) is 24.5 Å². The molecular formula is C26H27N3O3S. The predicted octanol–water partition coefficient (Wildman–Crippen LogP) is 4.45. The van der Waals surface area contributed by atoms with Gasteiger partial charge in [-0.25, -0.2) is 13.1 Å². The summed E-state index contributed by atoms with van der Waals surface area (Å²) in [5.41, 5.74) is 4.46. The summed E-state index contributed by atoms with van der Waals surface area (Å²) in [6, 6.07) is 24.4. The summed E-state index contributed by atoms with van der Waals surface area (Å²) >= 11 is 0. The van der Waals surface area contributed by atoms with Gasteiger partial charge in [0.05, 0.1) is 11.0 Å². The number of rotatable bonds is 7. The molecule has 1 aliphatic rings. The van der Waals surface area contributed by atoms with Crippen LogP contribution in [0.15, 0.2) is 83.8 Å². The number of H-pyrrole nitrogens is 1. The van der Waals surface area contributed by atoms with Gasteiger partial charge in [0.15, 0.2) is 0 Å². The van der Waals surface area contributed by atoms with Crippen LogP contribution in [0, 0.1) is 0 Å². The minimum absolute atomic E-state index is 0.0953. The van der Waals surface area contributed by atoms with Crippen molar-refractivity contribution in [3.63, 3.8) is 0 Å². The molecule has 1 unspecified atom stereocenters. The van der Waals surface area contributed by atoms with Gasteiger partial charge in [-0.2, -0.15) is 0 Å². The number of fused-ring (bicyclic) bond motifs is 1. The Morgan fingerprint density at radius 1 is 0.939 bits per heavy atom. The molecular weight excluding hydrogens is 434 g/mol. The Hall–Kier alpha value is -3.13. The van der Waals surface area contributed by atoms with Crippen molar-refractivity contribution in [3.05, 3.63) is 84.4 Å². The van der Waals surface area contributed by atoms with Crippen molar-refractivity contribution >= 4 is 26.6 Å². The van der Waals surface area contributed by atoms with Gasteiger partial charge in [0.25, 0.3) is 0 Å². The van der Waals surface area contributed by atoms with Gasteiger partial charge in [-0.1, -0.05) is 48.5 Å². The molecule has 0 bridgehead atoms. The van der Waals surface area contributed by atoms with Gasteiger partial charge in [0, 0.05) is 47.5 Å². The van der Waals surface area contributed by atoms with Gasteiger partial charge >= 0.3 is 0 Å². The van der Waals surface area contributed by atoms with E-state index in [-0.39, 0.29) is 11.4 Å². The molecule has 1 fully saturated rings. The summed E-state index contributed by atoms with van der Waals surface area (Å²) in [7, 11) is -3.81. The third kappa shape index (κ3) is 4.53. The summed E-state index contributed by atoms with van der Waals surface area (Å²) in [5.74, 6) is 0. The average Bonchev–Trinajstić information content (AvgIpc) is 3.53. The maximum absolute atomic E-state index is 13.1. The molecule has 1 saturated heterocycles. The van der Waals surface area contributed by atoms with E-state index in [0.29, 0.717) is 5.56 Å². The van der Waals surface area contributed by atoms with E-state index in [0.717, 1.165) is 53.8 Å². The number of aliphatic hydroxyl groups excluding tert-OH is 1. The summed E-state index contributed by atoms with van der Waals surface area (Å²) in [4.78, 5) is 5.93. The quantitative estimate of drug-likeness (QED) is 0.380. The first-order valence-corrected chi connectivity index (χ1v) is 12.7. The van der Waals surface area contributed by atoms with Crippen LogP contribution < -0.4 is 9.62 Å². The first-order valence-electron chi connectivity index (χ1n) is 11.2. The van der Waals surface area contributed by atoms with Crippen LogP contribution in [0.2, 0.25) is 0 Å². The Kier molecular flexibility index (Phi) is 5.93. The Bertz CT molecular complexity index is 1330. The summed E-state index contributed by atoms with van der Waals surface area (Å²) < 4.78 is 28.8. The largest absolute Gasteiger partial charge is 0.387 e. The number of para-hydroxylation sites is 1. The number of anilines is 1. The van der Waals surface area contributed by atoms with Crippen LogP contribution >= 0.6 is 0 Å². The van der Waals surface area contributed by atoms with Crippen molar-refractivity contribution in [2.45, 2.75) is 23.8 Å². The summed E-state index contributed by atoms with van der Waals surface area (Å²) in [6.45, 7) is 1.82. The van der Waals surface area contributed by atoms with E-state index in [4.69, 9.17) is 0 Å². The Balaban J connectivity index is 1.48. The molecule has 3 aromatic carbocycles. The highest BCUT2D eigenvalue weighted by Gasteiger charge is 2.22. The molecule has 0 saturated carbocycles. The lowest BCUT2D eigenvalue weighted by molar-refractivity contribution is 0.182. The number of nitrogens with one attached hydrogen (secondary N) is 2. The third-order valence-corrected chi connectivity index (χ3v) is 7.62. The number of aromatic nitrogens is 1. The number of hydrogen-bond donors (Lipinski definition) is 3. The van der Waals surface area contributed by atoms with E-state index in [1.54, 1.807) is 24.3 Å². The Labute approximate surface area is 193 Å². The monoisotopic (exact) mass is 461 g/mol.